The largest absolute Gasteiger partial charge is 0.342 e. The van der Waals surface area contributed by atoms with Crippen LogP contribution in [0.1, 0.15) is 44.6 Å². The van der Waals surface area contributed by atoms with Gasteiger partial charge < -0.3 is 10.6 Å². The van der Waals surface area contributed by atoms with Gasteiger partial charge in [-0.15, -0.1) is 0 Å². The highest BCUT2D eigenvalue weighted by Crippen LogP contribution is 2.25. The van der Waals surface area contributed by atoms with Gasteiger partial charge in [0.15, 0.2) is 0 Å². The van der Waals surface area contributed by atoms with E-state index >= 15 is 0 Å². The van der Waals surface area contributed by atoms with Gasteiger partial charge in [0.05, 0.1) is 0 Å². The molecule has 0 heterocycles. The van der Waals surface area contributed by atoms with Gasteiger partial charge in [-0.25, -0.2) is 4.39 Å². The third kappa shape index (κ3) is 4.80. The fourth-order valence-corrected chi connectivity index (χ4v) is 3.27. The van der Waals surface area contributed by atoms with Crippen LogP contribution in [0.2, 0.25) is 0 Å². The van der Waals surface area contributed by atoms with Crippen LogP contribution in [-0.4, -0.2) is 29.9 Å². The van der Waals surface area contributed by atoms with E-state index < -0.39 is 0 Å². The second kappa shape index (κ2) is 8.28. The summed E-state index contributed by atoms with van der Waals surface area (Å²) in [6, 6.07) is 6.78. The first kappa shape index (κ1) is 16.9. The number of nitrogens with two attached hydrogens (primary N) is 1. The van der Waals surface area contributed by atoms with E-state index in [9.17, 15) is 9.18 Å². The van der Waals surface area contributed by atoms with Gasteiger partial charge in [0.1, 0.15) is 5.82 Å². The first-order chi connectivity index (χ1) is 10.6. The summed E-state index contributed by atoms with van der Waals surface area (Å²) in [4.78, 5) is 14.7. The lowest BCUT2D eigenvalue weighted by Crippen LogP contribution is -2.42. The Hall–Kier alpha value is -1.42. The summed E-state index contributed by atoms with van der Waals surface area (Å²) in [5, 5.41) is 0. The summed E-state index contributed by atoms with van der Waals surface area (Å²) in [5.74, 6) is 0.0836. The molecule has 1 aromatic rings. The quantitative estimate of drug-likeness (QED) is 0.877. The summed E-state index contributed by atoms with van der Waals surface area (Å²) in [6.07, 6.45) is 5.46. The molecule has 22 heavy (non-hydrogen) atoms. The van der Waals surface area contributed by atoms with E-state index in [4.69, 9.17) is 5.73 Å². The van der Waals surface area contributed by atoms with E-state index in [1.807, 2.05) is 11.0 Å². The van der Waals surface area contributed by atoms with Gasteiger partial charge >= 0.3 is 0 Å². The highest BCUT2D eigenvalue weighted by molar-refractivity contribution is 5.79. The lowest BCUT2D eigenvalue weighted by molar-refractivity contribution is -0.136. The molecule has 4 heteroatoms. The van der Waals surface area contributed by atoms with Crippen LogP contribution in [0.5, 0.6) is 0 Å². The van der Waals surface area contributed by atoms with E-state index in [1.165, 1.54) is 6.07 Å². The van der Waals surface area contributed by atoms with Crippen LogP contribution >= 0.6 is 0 Å². The molecule has 1 saturated carbocycles. The molecule has 2 unspecified atom stereocenters. The maximum atomic E-state index is 13.2. The Morgan fingerprint density at radius 1 is 1.36 bits per heavy atom. The van der Waals surface area contributed by atoms with Gasteiger partial charge in [-0.2, -0.15) is 0 Å². The zero-order chi connectivity index (χ0) is 15.9. The molecule has 2 rings (SSSR count). The third-order valence-electron chi connectivity index (χ3n) is 4.43. The molecule has 122 valence electrons. The fraction of sp³-hybridized carbons (Fsp3) is 0.611. The van der Waals surface area contributed by atoms with Crippen molar-refractivity contribution >= 4 is 5.91 Å². The Bertz CT molecular complexity index is 492. The molecule has 0 saturated heterocycles. The lowest BCUT2D eigenvalue weighted by atomic mass is 9.85. The summed E-state index contributed by atoms with van der Waals surface area (Å²) in [6.45, 7) is 3.50. The van der Waals surface area contributed by atoms with Crippen LogP contribution < -0.4 is 5.73 Å². The number of benzene rings is 1. The standard InChI is InChI=1S/C18H27FN2O/c1-2-10-21(11-9-14-5-3-7-16(19)12-14)18(22)15-6-4-8-17(20)13-15/h3,5,7,12,15,17H,2,4,6,8-11,13,20H2,1H3. The van der Waals surface area contributed by atoms with Crippen molar-refractivity contribution in [3.8, 4) is 0 Å². The van der Waals surface area contributed by atoms with E-state index in [-0.39, 0.29) is 23.7 Å². The van der Waals surface area contributed by atoms with Crippen molar-refractivity contribution in [1.29, 1.82) is 0 Å². The Balaban J connectivity index is 1.95. The van der Waals surface area contributed by atoms with Crippen molar-refractivity contribution in [2.75, 3.05) is 13.1 Å². The van der Waals surface area contributed by atoms with Gasteiger partial charge in [0.2, 0.25) is 5.91 Å². The highest BCUT2D eigenvalue weighted by Gasteiger charge is 2.28. The molecule has 0 aromatic heterocycles. The van der Waals surface area contributed by atoms with E-state index in [1.54, 1.807) is 12.1 Å². The Morgan fingerprint density at radius 2 is 2.18 bits per heavy atom. The van der Waals surface area contributed by atoms with Crippen LogP contribution in [0.4, 0.5) is 4.39 Å². The van der Waals surface area contributed by atoms with E-state index in [0.717, 1.165) is 44.2 Å². The van der Waals surface area contributed by atoms with Crippen LogP contribution in [0.3, 0.4) is 0 Å². The smallest absolute Gasteiger partial charge is 0.225 e. The van der Waals surface area contributed by atoms with E-state index in [2.05, 4.69) is 6.92 Å². The van der Waals surface area contributed by atoms with Gasteiger partial charge in [-0.3, -0.25) is 4.79 Å². The van der Waals surface area contributed by atoms with Gasteiger partial charge in [0, 0.05) is 25.0 Å². The maximum absolute atomic E-state index is 13.2. The molecule has 2 N–H and O–H groups in total. The maximum Gasteiger partial charge on any atom is 0.225 e. The molecule has 0 spiro atoms. The minimum Gasteiger partial charge on any atom is -0.342 e. The Morgan fingerprint density at radius 3 is 2.86 bits per heavy atom. The number of carbonyl (C=O) groups is 1. The number of rotatable bonds is 6. The van der Waals surface area contributed by atoms with Crippen LogP contribution in [0.25, 0.3) is 0 Å². The van der Waals surface area contributed by atoms with Crippen molar-refractivity contribution in [3.63, 3.8) is 0 Å². The Labute approximate surface area is 132 Å². The molecule has 1 aliphatic carbocycles. The topological polar surface area (TPSA) is 46.3 Å². The third-order valence-corrected chi connectivity index (χ3v) is 4.43. The molecular weight excluding hydrogens is 279 g/mol. The van der Waals surface area contributed by atoms with Crippen molar-refractivity contribution in [2.45, 2.75) is 51.5 Å². The predicted molar refractivity (Wildman–Crippen MR) is 86.9 cm³/mol. The second-order valence-electron chi connectivity index (χ2n) is 6.33. The summed E-state index contributed by atoms with van der Waals surface area (Å²) in [7, 11) is 0. The van der Waals surface area contributed by atoms with Crippen molar-refractivity contribution in [2.24, 2.45) is 11.7 Å². The van der Waals surface area contributed by atoms with Gasteiger partial charge in [-0.1, -0.05) is 25.5 Å². The van der Waals surface area contributed by atoms with Crippen molar-refractivity contribution < 1.29 is 9.18 Å². The zero-order valence-corrected chi connectivity index (χ0v) is 13.4. The lowest BCUT2D eigenvalue weighted by Gasteiger charge is -2.31. The molecule has 1 fully saturated rings. The SMILES string of the molecule is CCCN(CCc1cccc(F)c1)C(=O)C1CCCC(N)C1. The minimum absolute atomic E-state index is 0.0720. The van der Waals surface area contributed by atoms with Gasteiger partial charge in [0.25, 0.3) is 0 Å². The molecule has 0 bridgehead atoms. The average Bonchev–Trinajstić information content (AvgIpc) is 2.51. The summed E-state index contributed by atoms with van der Waals surface area (Å²) < 4.78 is 13.2. The number of nitrogens with zero attached hydrogens (tertiary/aromatic N) is 1. The van der Waals surface area contributed by atoms with Crippen molar-refractivity contribution in [1.82, 2.24) is 4.90 Å². The highest BCUT2D eigenvalue weighted by atomic mass is 19.1. The first-order valence-electron chi connectivity index (χ1n) is 8.39. The zero-order valence-electron chi connectivity index (χ0n) is 13.4. The molecule has 0 radical (unpaired) electrons. The fourth-order valence-electron chi connectivity index (χ4n) is 3.27. The molecule has 0 aliphatic heterocycles. The first-order valence-corrected chi connectivity index (χ1v) is 8.39. The minimum atomic E-state index is -0.218. The van der Waals surface area contributed by atoms with Crippen molar-refractivity contribution in [3.05, 3.63) is 35.6 Å². The number of carbonyl (C=O) groups excluding carboxylic acids is 1. The van der Waals surface area contributed by atoms with Crippen LogP contribution in [0.15, 0.2) is 24.3 Å². The normalized spacial score (nSPS) is 21.6. The Kier molecular flexibility index (Phi) is 6.37. The second-order valence-corrected chi connectivity index (χ2v) is 6.33. The number of amides is 1. The number of hydrogen-bond donors (Lipinski definition) is 1. The molecular formula is C18H27FN2O. The van der Waals surface area contributed by atoms with Crippen LogP contribution in [-0.2, 0) is 11.2 Å². The average molecular weight is 306 g/mol. The van der Waals surface area contributed by atoms with E-state index in [0.29, 0.717) is 13.0 Å². The molecule has 3 nitrogen and oxygen atoms in total. The monoisotopic (exact) mass is 306 g/mol. The van der Waals surface area contributed by atoms with Crippen LogP contribution in [0, 0.1) is 11.7 Å². The molecule has 1 aliphatic rings. The predicted octanol–water partition coefficient (Wildman–Crippen LogP) is 3.12. The number of hydrogen-bond acceptors (Lipinski definition) is 2. The summed E-state index contributed by atoms with van der Waals surface area (Å²) >= 11 is 0. The molecule has 2 atom stereocenters. The number of halogens is 1. The van der Waals surface area contributed by atoms with Gasteiger partial charge in [-0.05, 0) is 49.8 Å². The molecule has 1 amide bonds. The summed E-state index contributed by atoms with van der Waals surface area (Å²) in [5.41, 5.74) is 6.95. The molecule has 1 aromatic carbocycles.